The third-order valence-corrected chi connectivity index (χ3v) is 4.27. The number of rotatable bonds is 4. The molecule has 0 radical (unpaired) electrons. The number of hydrogen-bond acceptors (Lipinski definition) is 6. The molecule has 0 aliphatic heterocycles. The van der Waals surface area contributed by atoms with E-state index in [-0.39, 0.29) is 5.95 Å². The lowest BCUT2D eigenvalue weighted by atomic mass is 10.0. The Balaban J connectivity index is 1.98. The van der Waals surface area contributed by atoms with Crippen LogP contribution in [0.1, 0.15) is 10.4 Å². The van der Waals surface area contributed by atoms with Gasteiger partial charge in [-0.1, -0.05) is 30.3 Å². The number of nitrogens with zero attached hydrogens (tertiary/aromatic N) is 3. The summed E-state index contributed by atoms with van der Waals surface area (Å²) in [5.41, 5.74) is 10.5. The predicted octanol–water partition coefficient (Wildman–Crippen LogP) is 3.76. The Bertz CT molecular complexity index is 1140. The van der Waals surface area contributed by atoms with Gasteiger partial charge in [-0.25, -0.2) is 15.0 Å². The average molecular weight is 356 g/mol. The maximum atomic E-state index is 11.5. The normalized spacial score (nSPS) is 10.7. The molecule has 0 saturated carbocycles. The van der Waals surface area contributed by atoms with Crippen molar-refractivity contribution in [1.29, 1.82) is 0 Å². The van der Waals surface area contributed by atoms with Crippen molar-refractivity contribution < 1.29 is 9.53 Å². The first kappa shape index (κ1) is 16.7. The van der Waals surface area contributed by atoms with E-state index in [4.69, 9.17) is 15.5 Å². The van der Waals surface area contributed by atoms with Crippen molar-refractivity contribution in [3.8, 4) is 28.3 Å². The highest BCUT2D eigenvalue weighted by Gasteiger charge is 2.14. The fourth-order valence-electron chi connectivity index (χ4n) is 2.97. The molecule has 0 aliphatic rings. The third-order valence-electron chi connectivity index (χ3n) is 4.27. The van der Waals surface area contributed by atoms with Gasteiger partial charge in [-0.05, 0) is 30.3 Å². The summed E-state index contributed by atoms with van der Waals surface area (Å²) in [4.78, 5) is 24.9. The van der Waals surface area contributed by atoms with Gasteiger partial charge in [-0.3, -0.25) is 4.79 Å². The summed E-state index contributed by atoms with van der Waals surface area (Å²) in [6, 6.07) is 18.6. The van der Waals surface area contributed by atoms with Crippen LogP contribution in [0.5, 0.6) is 5.75 Å². The highest BCUT2D eigenvalue weighted by atomic mass is 16.5. The van der Waals surface area contributed by atoms with E-state index in [1.165, 1.54) is 0 Å². The fraction of sp³-hybridized carbons (Fsp3) is 0.0476. The number of benzene rings is 2. The molecule has 0 aliphatic carbocycles. The number of nitrogen functional groups attached to an aromatic ring is 1. The molecule has 4 rings (SSSR count). The van der Waals surface area contributed by atoms with Crippen LogP contribution in [0.15, 0.2) is 60.7 Å². The van der Waals surface area contributed by atoms with Crippen molar-refractivity contribution in [1.82, 2.24) is 15.0 Å². The zero-order valence-electron chi connectivity index (χ0n) is 14.6. The van der Waals surface area contributed by atoms with Crippen LogP contribution in [0.4, 0.5) is 5.95 Å². The van der Waals surface area contributed by atoms with Crippen LogP contribution in [0.25, 0.3) is 33.5 Å². The van der Waals surface area contributed by atoms with E-state index < -0.39 is 0 Å². The Morgan fingerprint density at radius 2 is 1.78 bits per heavy atom. The lowest BCUT2D eigenvalue weighted by Gasteiger charge is -2.10. The molecule has 2 N–H and O–H groups in total. The highest BCUT2D eigenvalue weighted by Crippen LogP contribution is 2.30. The quantitative estimate of drug-likeness (QED) is 0.560. The van der Waals surface area contributed by atoms with Gasteiger partial charge >= 0.3 is 0 Å². The summed E-state index contributed by atoms with van der Waals surface area (Å²) in [5.74, 6) is 0.834. The van der Waals surface area contributed by atoms with Crippen LogP contribution < -0.4 is 10.5 Å². The van der Waals surface area contributed by atoms with Crippen molar-refractivity contribution in [3.63, 3.8) is 0 Å². The Labute approximate surface area is 155 Å². The molecule has 6 heteroatoms. The molecule has 27 heavy (non-hydrogen) atoms. The zero-order valence-corrected chi connectivity index (χ0v) is 14.6. The standard InChI is InChI=1S/C21H16N4O2/c1-27-15-8-7-14(12-26)16(11-15)17-9-10-18-20(23-17)19(25-21(22)24-18)13-5-3-2-4-6-13/h2-12H,1H3,(H2,22,24,25). The summed E-state index contributed by atoms with van der Waals surface area (Å²) in [5, 5.41) is 0. The summed E-state index contributed by atoms with van der Waals surface area (Å²) in [6.45, 7) is 0. The second-order valence-corrected chi connectivity index (χ2v) is 5.93. The van der Waals surface area contributed by atoms with Gasteiger partial charge in [0.15, 0.2) is 6.29 Å². The van der Waals surface area contributed by atoms with E-state index >= 15 is 0 Å². The number of aldehydes is 1. The van der Waals surface area contributed by atoms with Crippen LogP contribution >= 0.6 is 0 Å². The molecule has 0 amide bonds. The zero-order chi connectivity index (χ0) is 18.8. The predicted molar refractivity (Wildman–Crippen MR) is 105 cm³/mol. The van der Waals surface area contributed by atoms with Crippen LogP contribution in [0, 0.1) is 0 Å². The van der Waals surface area contributed by atoms with E-state index in [1.54, 1.807) is 25.3 Å². The second kappa shape index (κ2) is 6.84. The number of nitrogens with two attached hydrogens (primary N) is 1. The van der Waals surface area contributed by atoms with Gasteiger partial charge in [0.25, 0.3) is 0 Å². The Morgan fingerprint density at radius 3 is 2.52 bits per heavy atom. The number of methoxy groups -OCH3 is 1. The van der Waals surface area contributed by atoms with Crippen LogP contribution in [-0.2, 0) is 0 Å². The topological polar surface area (TPSA) is 91.0 Å². The maximum absolute atomic E-state index is 11.5. The molecule has 0 spiro atoms. The Kier molecular flexibility index (Phi) is 4.22. The van der Waals surface area contributed by atoms with Gasteiger partial charge in [0.1, 0.15) is 17.0 Å². The lowest BCUT2D eigenvalue weighted by Crippen LogP contribution is -2.00. The number of anilines is 1. The molecule has 2 aromatic heterocycles. The van der Waals surface area contributed by atoms with Gasteiger partial charge in [-0.15, -0.1) is 0 Å². The molecular weight excluding hydrogens is 340 g/mol. The van der Waals surface area contributed by atoms with Crippen molar-refractivity contribution in [2.24, 2.45) is 0 Å². The van der Waals surface area contributed by atoms with Crippen molar-refractivity contribution in [2.75, 3.05) is 12.8 Å². The van der Waals surface area contributed by atoms with Crippen molar-refractivity contribution in [3.05, 3.63) is 66.2 Å². The first-order chi connectivity index (χ1) is 13.2. The number of hydrogen-bond donors (Lipinski definition) is 1. The highest BCUT2D eigenvalue weighted by molar-refractivity contribution is 5.93. The van der Waals surface area contributed by atoms with E-state index in [1.807, 2.05) is 42.5 Å². The first-order valence-electron chi connectivity index (χ1n) is 8.33. The molecule has 4 aromatic rings. The SMILES string of the molecule is COc1ccc(C=O)c(-c2ccc3nc(N)nc(-c4ccccc4)c3n2)c1. The number of fused-ring (bicyclic) bond motifs is 1. The molecule has 2 heterocycles. The van der Waals surface area contributed by atoms with Gasteiger partial charge < -0.3 is 10.5 Å². The summed E-state index contributed by atoms with van der Waals surface area (Å²) >= 11 is 0. The van der Waals surface area contributed by atoms with E-state index in [2.05, 4.69) is 9.97 Å². The van der Waals surface area contributed by atoms with E-state index in [0.29, 0.717) is 39.3 Å². The number of carbonyl (C=O) groups excluding carboxylic acids is 1. The summed E-state index contributed by atoms with van der Waals surface area (Å²) in [6.07, 6.45) is 0.804. The van der Waals surface area contributed by atoms with Gasteiger partial charge in [0.05, 0.1) is 18.3 Å². The van der Waals surface area contributed by atoms with Crippen molar-refractivity contribution >= 4 is 23.3 Å². The Hall–Kier alpha value is -3.80. The van der Waals surface area contributed by atoms with Crippen molar-refractivity contribution in [2.45, 2.75) is 0 Å². The third kappa shape index (κ3) is 3.08. The molecule has 2 aromatic carbocycles. The molecule has 0 bridgehead atoms. The number of carbonyl (C=O) groups is 1. The molecule has 6 nitrogen and oxygen atoms in total. The smallest absolute Gasteiger partial charge is 0.221 e. The minimum Gasteiger partial charge on any atom is -0.497 e. The van der Waals surface area contributed by atoms with Crippen LogP contribution in [0.2, 0.25) is 0 Å². The van der Waals surface area contributed by atoms with Crippen LogP contribution in [-0.4, -0.2) is 28.3 Å². The summed E-state index contributed by atoms with van der Waals surface area (Å²) < 4.78 is 5.29. The average Bonchev–Trinajstić information content (AvgIpc) is 2.73. The summed E-state index contributed by atoms with van der Waals surface area (Å²) in [7, 11) is 1.58. The monoisotopic (exact) mass is 356 g/mol. The largest absolute Gasteiger partial charge is 0.497 e. The van der Waals surface area contributed by atoms with Gasteiger partial charge in [-0.2, -0.15) is 0 Å². The second-order valence-electron chi connectivity index (χ2n) is 5.93. The minimum absolute atomic E-state index is 0.186. The molecule has 0 atom stereocenters. The number of aromatic nitrogens is 3. The maximum Gasteiger partial charge on any atom is 0.221 e. The lowest BCUT2D eigenvalue weighted by molar-refractivity contribution is 0.112. The molecule has 0 fully saturated rings. The van der Waals surface area contributed by atoms with Gasteiger partial charge in [0, 0.05) is 16.7 Å². The van der Waals surface area contributed by atoms with E-state index in [9.17, 15) is 4.79 Å². The molecule has 0 saturated heterocycles. The fourth-order valence-corrected chi connectivity index (χ4v) is 2.97. The molecule has 0 unspecified atom stereocenters. The minimum atomic E-state index is 0.186. The molecule has 132 valence electrons. The Morgan fingerprint density at radius 1 is 0.963 bits per heavy atom. The number of ether oxygens (including phenoxy) is 1. The van der Waals surface area contributed by atoms with Gasteiger partial charge in [0.2, 0.25) is 5.95 Å². The molecular formula is C21H16N4O2. The van der Waals surface area contributed by atoms with Crippen LogP contribution in [0.3, 0.4) is 0 Å². The van der Waals surface area contributed by atoms with E-state index in [0.717, 1.165) is 11.8 Å². The number of pyridine rings is 1. The first-order valence-corrected chi connectivity index (χ1v) is 8.33.